The first-order valence-electron chi connectivity index (χ1n) is 12.8. The molecule has 0 N–H and O–H groups in total. The van der Waals surface area contributed by atoms with E-state index in [4.69, 9.17) is 16.9 Å². The van der Waals surface area contributed by atoms with Crippen LogP contribution < -0.4 is 4.78 Å². The average Bonchev–Trinajstić information content (AvgIpc) is 3.16. The molecule has 1 saturated heterocycles. The highest BCUT2D eigenvalue weighted by Gasteiger charge is 2.50. The van der Waals surface area contributed by atoms with Crippen molar-refractivity contribution in [3.8, 4) is 0 Å². The lowest BCUT2D eigenvalue weighted by molar-refractivity contribution is 0.240. The number of anilines is 1. The summed E-state index contributed by atoms with van der Waals surface area (Å²) in [5.41, 5.74) is 7.00. The van der Waals surface area contributed by atoms with Crippen molar-refractivity contribution < 1.29 is 0 Å². The third kappa shape index (κ3) is 3.77. The molecule has 1 atom stereocenters. The number of piperidine rings is 1. The molecule has 0 spiro atoms. The molecule has 6 heteroatoms. The zero-order valence-electron chi connectivity index (χ0n) is 20.4. The lowest BCUT2D eigenvalue weighted by Gasteiger charge is -2.45. The van der Waals surface area contributed by atoms with Crippen LogP contribution in [0.3, 0.4) is 0 Å². The van der Waals surface area contributed by atoms with E-state index < -0.39 is 6.34 Å². The fourth-order valence-electron chi connectivity index (χ4n) is 6.17. The largest absolute Gasteiger partial charge is 0.374 e. The van der Waals surface area contributed by atoms with Gasteiger partial charge in [0, 0.05) is 31.9 Å². The van der Waals surface area contributed by atoms with Gasteiger partial charge in [-0.05, 0) is 67.2 Å². The average molecular weight is 491 g/mol. The number of fused-ring (bicyclic) bond motifs is 2. The minimum atomic E-state index is -2.31. The van der Waals surface area contributed by atoms with E-state index in [-0.39, 0.29) is 5.41 Å². The molecule has 0 amide bonds. The summed E-state index contributed by atoms with van der Waals surface area (Å²) in [6.45, 7) is 9.04. The number of rotatable bonds is 3. The molecule has 1 unspecified atom stereocenters. The van der Waals surface area contributed by atoms with Crippen molar-refractivity contribution in [2.45, 2.75) is 58.9 Å². The number of para-hydroxylation sites is 1. The highest BCUT2D eigenvalue weighted by atomic mass is 32.4. The number of nitrogens with zero attached hydrogens (tertiary/aromatic N) is 4. The van der Waals surface area contributed by atoms with Gasteiger partial charge in [-0.2, -0.15) is 5.10 Å². The van der Waals surface area contributed by atoms with Gasteiger partial charge in [0.1, 0.15) is 0 Å². The Morgan fingerprint density at radius 1 is 0.853 bits per heavy atom. The second-order valence-corrected chi connectivity index (χ2v) is 15.0. The van der Waals surface area contributed by atoms with Crippen LogP contribution in [0, 0.1) is 5.41 Å². The molecule has 2 aromatic carbocycles. The van der Waals surface area contributed by atoms with E-state index in [2.05, 4.69) is 82.8 Å². The summed E-state index contributed by atoms with van der Waals surface area (Å²) < 4.78 is 4.91. The van der Waals surface area contributed by atoms with E-state index in [0.717, 1.165) is 51.1 Å². The highest BCUT2D eigenvalue weighted by molar-refractivity contribution is 8.16. The van der Waals surface area contributed by atoms with Gasteiger partial charge in [-0.15, -0.1) is 0 Å². The minimum Gasteiger partial charge on any atom is -0.374 e. The van der Waals surface area contributed by atoms with Crippen LogP contribution in [-0.4, -0.2) is 34.9 Å². The van der Waals surface area contributed by atoms with Crippen LogP contribution in [0.1, 0.15) is 57.1 Å². The maximum atomic E-state index is 6.90. The van der Waals surface area contributed by atoms with Crippen LogP contribution in [0.2, 0.25) is 0 Å². The normalized spacial score (nSPS) is 26.8. The molecule has 34 heavy (non-hydrogen) atoms. The first kappa shape index (κ1) is 22.5. The molecule has 1 fully saturated rings. The molecule has 3 heterocycles. The molecule has 6 rings (SSSR count). The van der Waals surface area contributed by atoms with Crippen molar-refractivity contribution in [1.82, 2.24) is 9.57 Å². The van der Waals surface area contributed by atoms with Crippen LogP contribution in [0.4, 0.5) is 5.69 Å². The van der Waals surface area contributed by atoms with E-state index in [9.17, 15) is 0 Å². The monoisotopic (exact) mass is 490 g/mol. The smallest absolute Gasteiger partial charge is 0.154 e. The standard InChI is InChI=1S/C28H35N4PS/c1-28(2)19-25-27(26(20-28)30-16-9-4-10-17-30)33(34,32(29-25)24-13-5-3-6-14-24)31-18-15-22-11-7-8-12-23(22)21-31/h3,5-8,11-14H,4,9-10,15-21H2,1-2H3. The maximum Gasteiger partial charge on any atom is 0.154 e. The minimum absolute atomic E-state index is 0.205. The number of hydrogen-bond acceptors (Lipinski definition) is 3. The van der Waals surface area contributed by atoms with Crippen molar-refractivity contribution in [3.05, 3.63) is 76.7 Å². The van der Waals surface area contributed by atoms with Gasteiger partial charge in [0.25, 0.3) is 0 Å². The third-order valence-electron chi connectivity index (χ3n) is 7.82. The molecule has 2 aromatic rings. The van der Waals surface area contributed by atoms with Crippen LogP contribution >= 0.6 is 6.34 Å². The van der Waals surface area contributed by atoms with Gasteiger partial charge in [0.05, 0.1) is 16.7 Å². The summed E-state index contributed by atoms with van der Waals surface area (Å²) in [6.07, 6.45) is 4.77. The Kier molecular flexibility index (Phi) is 5.71. The molecule has 178 valence electrons. The zero-order valence-corrected chi connectivity index (χ0v) is 22.1. The van der Waals surface area contributed by atoms with Gasteiger partial charge in [0.15, 0.2) is 6.34 Å². The molecule has 0 bridgehead atoms. The van der Waals surface area contributed by atoms with Crippen molar-refractivity contribution in [2.24, 2.45) is 10.5 Å². The number of hydrogen-bond donors (Lipinski definition) is 0. The summed E-state index contributed by atoms with van der Waals surface area (Å²) in [7, 11) is 0. The maximum absolute atomic E-state index is 6.90. The Morgan fingerprint density at radius 2 is 1.56 bits per heavy atom. The van der Waals surface area contributed by atoms with Crippen molar-refractivity contribution in [3.63, 3.8) is 0 Å². The van der Waals surface area contributed by atoms with E-state index in [0.29, 0.717) is 0 Å². The predicted molar refractivity (Wildman–Crippen MR) is 147 cm³/mol. The lowest BCUT2D eigenvalue weighted by Crippen LogP contribution is -2.38. The van der Waals surface area contributed by atoms with E-state index in [1.807, 2.05) is 0 Å². The Morgan fingerprint density at radius 3 is 2.32 bits per heavy atom. The van der Waals surface area contributed by atoms with E-state index in [1.54, 1.807) is 0 Å². The van der Waals surface area contributed by atoms with Gasteiger partial charge < -0.3 is 4.90 Å². The third-order valence-corrected chi connectivity index (χ3v) is 12.6. The van der Waals surface area contributed by atoms with Gasteiger partial charge in [0.2, 0.25) is 0 Å². The van der Waals surface area contributed by atoms with E-state index in [1.165, 1.54) is 47.1 Å². The molecule has 3 aliphatic heterocycles. The zero-order chi connectivity index (χ0) is 23.3. The molecule has 4 nitrogen and oxygen atoms in total. The van der Waals surface area contributed by atoms with Gasteiger partial charge in [-0.25, -0.2) is 9.45 Å². The summed E-state index contributed by atoms with van der Waals surface area (Å²) in [4.78, 5) is 2.68. The van der Waals surface area contributed by atoms with Crippen molar-refractivity contribution in [2.75, 3.05) is 24.4 Å². The number of allylic oxidation sites excluding steroid dienone is 2. The summed E-state index contributed by atoms with van der Waals surface area (Å²) in [6, 6.07) is 19.6. The van der Waals surface area contributed by atoms with Gasteiger partial charge in [-0.1, -0.05) is 68.1 Å². The quantitative estimate of drug-likeness (QED) is 0.444. The second kappa shape index (κ2) is 8.62. The summed E-state index contributed by atoms with van der Waals surface area (Å²) in [5, 5.41) is 6.80. The molecule has 1 aliphatic carbocycles. The van der Waals surface area contributed by atoms with E-state index >= 15 is 0 Å². The fraction of sp³-hybridized carbons (Fsp3) is 0.464. The summed E-state index contributed by atoms with van der Waals surface area (Å²) >= 11 is 6.90. The molecular weight excluding hydrogens is 455 g/mol. The topological polar surface area (TPSA) is 22.1 Å². The number of hydrazone groups is 1. The molecule has 4 aliphatic rings. The summed E-state index contributed by atoms with van der Waals surface area (Å²) in [5.74, 6) is 0. The molecule has 0 saturated carbocycles. The van der Waals surface area contributed by atoms with Crippen LogP contribution in [0.15, 0.2) is 70.7 Å². The van der Waals surface area contributed by atoms with Gasteiger partial charge in [-0.3, -0.25) is 0 Å². The van der Waals surface area contributed by atoms with Crippen molar-refractivity contribution in [1.29, 1.82) is 0 Å². The molecule has 0 aromatic heterocycles. The van der Waals surface area contributed by atoms with Crippen LogP contribution in [0.25, 0.3) is 0 Å². The van der Waals surface area contributed by atoms with Crippen LogP contribution in [0.5, 0.6) is 0 Å². The Hall–Kier alpha value is -1.94. The lowest BCUT2D eigenvalue weighted by atomic mass is 9.78. The molecular formula is C28H35N4PS. The number of benzene rings is 2. The first-order chi connectivity index (χ1) is 16.5. The van der Waals surface area contributed by atoms with Crippen molar-refractivity contribution >= 4 is 29.5 Å². The predicted octanol–water partition coefficient (Wildman–Crippen LogP) is 6.75. The Balaban J connectivity index is 1.52. The fourth-order valence-corrected chi connectivity index (χ4v) is 10.7. The van der Waals surface area contributed by atoms with Crippen LogP contribution in [-0.2, 0) is 24.8 Å². The SMILES string of the molecule is CC1(C)CC2=NN(c3ccccc3)P(=S)(N3CCc4ccccc4C3)C2=C(N2CCCCC2)C1. The van der Waals surface area contributed by atoms with Gasteiger partial charge >= 0.3 is 0 Å². The highest BCUT2D eigenvalue weighted by Crippen LogP contribution is 2.70. The second-order valence-electron chi connectivity index (χ2n) is 11.0. The number of likely N-dealkylation sites (tertiary alicyclic amines) is 1. The Bertz CT molecular complexity index is 1200. The first-order valence-corrected chi connectivity index (χ1v) is 15.5. The Labute approximate surface area is 209 Å². The molecule has 0 radical (unpaired) electrons.